The zero-order valence-corrected chi connectivity index (χ0v) is 27.5. The third-order valence-electron chi connectivity index (χ3n) is 7.78. The molecule has 0 N–H and O–H groups in total. The number of aromatic nitrogens is 2. The van der Waals surface area contributed by atoms with Gasteiger partial charge in [-0.05, 0) is 81.0 Å². The summed E-state index contributed by atoms with van der Waals surface area (Å²) in [5.74, 6) is 0.929. The fraction of sp³-hybridized carbons (Fsp3) is 0.447. The second-order valence-corrected chi connectivity index (χ2v) is 12.6. The first-order chi connectivity index (χ1) is 21.1. The summed E-state index contributed by atoms with van der Waals surface area (Å²) in [6, 6.07) is 22.3. The number of benzene rings is 3. The maximum Gasteiger partial charge on any atom is 0.339 e. The van der Waals surface area contributed by atoms with Crippen molar-refractivity contribution in [3.8, 4) is 11.1 Å². The fourth-order valence-electron chi connectivity index (χ4n) is 5.52. The molecular formula is C38H49N3O3. The average Bonchev–Trinajstić information content (AvgIpc) is 3.34. The van der Waals surface area contributed by atoms with Gasteiger partial charge in [0.25, 0.3) is 0 Å². The molecule has 0 radical (unpaired) electrons. The smallest absolute Gasteiger partial charge is 0.339 e. The van der Waals surface area contributed by atoms with E-state index in [0.717, 1.165) is 90.7 Å². The quantitative estimate of drug-likeness (QED) is 0.108. The highest BCUT2D eigenvalue weighted by atomic mass is 16.6. The van der Waals surface area contributed by atoms with E-state index < -0.39 is 5.60 Å². The first-order valence-electron chi connectivity index (χ1n) is 16.4. The Kier molecular flexibility index (Phi) is 11.4. The van der Waals surface area contributed by atoms with E-state index in [1.165, 1.54) is 0 Å². The van der Waals surface area contributed by atoms with E-state index >= 15 is 0 Å². The van der Waals surface area contributed by atoms with Crippen molar-refractivity contribution in [3.05, 3.63) is 83.7 Å². The van der Waals surface area contributed by atoms with Crippen molar-refractivity contribution in [2.75, 3.05) is 11.4 Å². The van der Waals surface area contributed by atoms with Crippen molar-refractivity contribution in [3.63, 3.8) is 0 Å². The van der Waals surface area contributed by atoms with Gasteiger partial charge in [-0.3, -0.25) is 4.79 Å². The maximum absolute atomic E-state index is 13.2. The van der Waals surface area contributed by atoms with Crippen molar-refractivity contribution < 1.29 is 14.3 Å². The number of imidazole rings is 1. The number of amides is 1. The number of hydrogen-bond donors (Lipinski definition) is 0. The van der Waals surface area contributed by atoms with Crippen LogP contribution in [0.15, 0.2) is 66.7 Å². The lowest BCUT2D eigenvalue weighted by atomic mass is 9.98. The van der Waals surface area contributed by atoms with E-state index in [-0.39, 0.29) is 11.9 Å². The summed E-state index contributed by atoms with van der Waals surface area (Å²) in [5, 5.41) is 0. The Bertz CT molecular complexity index is 1550. The number of hydrogen-bond acceptors (Lipinski definition) is 4. The summed E-state index contributed by atoms with van der Waals surface area (Å²) in [6.07, 6.45) is 7.66. The van der Waals surface area contributed by atoms with E-state index in [4.69, 9.17) is 9.72 Å². The normalized spacial score (nSPS) is 11.6. The highest BCUT2D eigenvalue weighted by Crippen LogP contribution is 2.29. The Morgan fingerprint density at radius 2 is 1.59 bits per heavy atom. The van der Waals surface area contributed by atoms with Crippen LogP contribution in [-0.4, -0.2) is 33.6 Å². The van der Waals surface area contributed by atoms with Crippen molar-refractivity contribution in [1.82, 2.24) is 9.55 Å². The molecule has 0 unspecified atom stereocenters. The lowest BCUT2D eigenvalue weighted by Crippen LogP contribution is -2.31. The van der Waals surface area contributed by atoms with Crippen molar-refractivity contribution >= 4 is 28.6 Å². The van der Waals surface area contributed by atoms with Crippen LogP contribution in [0.1, 0.15) is 108 Å². The topological polar surface area (TPSA) is 64.4 Å². The SMILES string of the molecule is CCCCCN(C(=O)CCC)c1ccc2nc(CCCC)n(Cc3ccc(-c4ccccc4C(=O)OC(C)(C)C)cc3)c2c1. The largest absolute Gasteiger partial charge is 0.456 e. The van der Waals surface area contributed by atoms with Gasteiger partial charge in [0.1, 0.15) is 11.4 Å². The fourth-order valence-corrected chi connectivity index (χ4v) is 5.52. The van der Waals surface area contributed by atoms with Gasteiger partial charge in [-0.1, -0.05) is 82.5 Å². The molecule has 0 aliphatic carbocycles. The van der Waals surface area contributed by atoms with E-state index in [0.29, 0.717) is 18.5 Å². The van der Waals surface area contributed by atoms with E-state index in [1.54, 1.807) is 0 Å². The van der Waals surface area contributed by atoms with Crippen LogP contribution in [0, 0.1) is 0 Å². The van der Waals surface area contributed by atoms with Gasteiger partial charge >= 0.3 is 5.97 Å². The molecule has 4 rings (SSSR count). The van der Waals surface area contributed by atoms with Gasteiger partial charge in [0.05, 0.1) is 16.6 Å². The first-order valence-corrected chi connectivity index (χ1v) is 16.4. The van der Waals surface area contributed by atoms with Gasteiger partial charge in [-0.25, -0.2) is 9.78 Å². The molecule has 0 aliphatic rings. The number of carbonyl (C=O) groups excluding carboxylic acids is 2. The number of unbranched alkanes of at least 4 members (excludes halogenated alkanes) is 3. The van der Waals surface area contributed by atoms with Crippen LogP contribution in [0.4, 0.5) is 5.69 Å². The molecule has 0 atom stereocenters. The summed E-state index contributed by atoms with van der Waals surface area (Å²) >= 11 is 0. The first kappa shape index (κ1) is 33.0. The summed E-state index contributed by atoms with van der Waals surface area (Å²) in [6.45, 7) is 13.5. The van der Waals surface area contributed by atoms with E-state index in [1.807, 2.05) is 49.9 Å². The predicted molar refractivity (Wildman–Crippen MR) is 181 cm³/mol. The molecule has 4 aromatic rings. The Hall–Kier alpha value is -3.93. The number of anilines is 1. The molecule has 0 fully saturated rings. The second kappa shape index (κ2) is 15.2. The minimum absolute atomic E-state index is 0.183. The Labute approximate surface area is 263 Å². The molecule has 0 saturated carbocycles. The number of ether oxygens (including phenoxy) is 1. The molecule has 1 heterocycles. The zero-order valence-electron chi connectivity index (χ0n) is 27.5. The summed E-state index contributed by atoms with van der Waals surface area (Å²) in [7, 11) is 0. The van der Waals surface area contributed by atoms with E-state index in [9.17, 15) is 9.59 Å². The van der Waals surface area contributed by atoms with Crippen molar-refractivity contribution in [2.24, 2.45) is 0 Å². The van der Waals surface area contributed by atoms with Gasteiger partial charge in [-0.15, -0.1) is 0 Å². The summed E-state index contributed by atoms with van der Waals surface area (Å²) < 4.78 is 7.99. The number of nitrogens with zero attached hydrogens (tertiary/aromatic N) is 3. The molecule has 6 heteroatoms. The van der Waals surface area contributed by atoms with Gasteiger partial charge in [0.2, 0.25) is 5.91 Å². The molecule has 234 valence electrons. The average molecular weight is 596 g/mol. The molecule has 1 amide bonds. The van der Waals surface area contributed by atoms with Crippen LogP contribution < -0.4 is 4.90 Å². The molecule has 0 aliphatic heterocycles. The molecular weight excluding hydrogens is 546 g/mol. The van der Waals surface area contributed by atoms with E-state index in [2.05, 4.69) is 67.8 Å². The van der Waals surface area contributed by atoms with Gasteiger partial charge in [-0.2, -0.15) is 0 Å². The molecule has 1 aromatic heterocycles. The predicted octanol–water partition coefficient (Wildman–Crippen LogP) is 9.37. The Balaban J connectivity index is 1.67. The summed E-state index contributed by atoms with van der Waals surface area (Å²) in [4.78, 5) is 33.1. The second-order valence-electron chi connectivity index (χ2n) is 12.6. The Morgan fingerprint density at radius 3 is 2.27 bits per heavy atom. The maximum atomic E-state index is 13.2. The molecule has 0 saturated heterocycles. The Morgan fingerprint density at radius 1 is 0.864 bits per heavy atom. The summed E-state index contributed by atoms with van der Waals surface area (Å²) in [5.41, 5.74) is 5.93. The number of aryl methyl sites for hydroxylation is 1. The van der Waals surface area contributed by atoms with Crippen molar-refractivity contribution in [2.45, 2.75) is 105 Å². The van der Waals surface area contributed by atoms with Gasteiger partial charge < -0.3 is 14.2 Å². The molecule has 6 nitrogen and oxygen atoms in total. The van der Waals surface area contributed by atoms with Crippen LogP contribution >= 0.6 is 0 Å². The lowest BCUT2D eigenvalue weighted by molar-refractivity contribution is -0.118. The lowest BCUT2D eigenvalue weighted by Gasteiger charge is -2.23. The number of fused-ring (bicyclic) bond motifs is 1. The molecule has 0 spiro atoms. The third kappa shape index (κ3) is 8.37. The molecule has 0 bridgehead atoms. The number of esters is 1. The standard InChI is InChI=1S/C38H49N3O3/c1-7-10-14-25-40(36(42)15-9-3)30-23-24-33-34(26-30)41(35(39-33)18-11-8-2)27-28-19-21-29(22-20-28)31-16-12-13-17-32(31)37(43)44-38(4,5)6/h12-13,16-17,19-24,26H,7-11,14-15,18,25,27H2,1-6H3. The van der Waals surface area contributed by atoms with Gasteiger partial charge in [0, 0.05) is 31.6 Å². The van der Waals surface area contributed by atoms with Crippen LogP contribution in [0.25, 0.3) is 22.2 Å². The van der Waals surface area contributed by atoms with Crippen LogP contribution in [0.3, 0.4) is 0 Å². The highest BCUT2D eigenvalue weighted by molar-refractivity contribution is 5.97. The monoisotopic (exact) mass is 595 g/mol. The minimum Gasteiger partial charge on any atom is -0.456 e. The zero-order chi connectivity index (χ0) is 31.7. The number of carbonyl (C=O) groups is 2. The van der Waals surface area contributed by atoms with Crippen LogP contribution in [0.5, 0.6) is 0 Å². The third-order valence-corrected chi connectivity index (χ3v) is 7.78. The van der Waals surface area contributed by atoms with Crippen LogP contribution in [0.2, 0.25) is 0 Å². The minimum atomic E-state index is -0.563. The van der Waals surface area contributed by atoms with Crippen LogP contribution in [-0.2, 0) is 22.5 Å². The highest BCUT2D eigenvalue weighted by Gasteiger charge is 2.21. The van der Waals surface area contributed by atoms with Crippen molar-refractivity contribution in [1.29, 1.82) is 0 Å². The molecule has 3 aromatic carbocycles. The number of rotatable bonds is 14. The van der Waals surface area contributed by atoms with Gasteiger partial charge in [0.15, 0.2) is 0 Å². The molecule has 44 heavy (non-hydrogen) atoms.